The van der Waals surface area contributed by atoms with Gasteiger partial charge in [-0.05, 0) is 38.5 Å². The maximum atomic E-state index is 11.9. The molecule has 1 aliphatic rings. The van der Waals surface area contributed by atoms with Crippen LogP contribution in [0.5, 0.6) is 0 Å². The number of aromatic nitrogens is 2. The summed E-state index contributed by atoms with van der Waals surface area (Å²) in [6, 6.07) is 2.26. The molecule has 0 spiro atoms. The minimum absolute atomic E-state index is 0.0632. The Balaban J connectivity index is 1.72. The van der Waals surface area contributed by atoms with Crippen LogP contribution < -0.4 is 5.32 Å². The molecule has 2 rings (SSSR count). The minimum Gasteiger partial charge on any atom is -0.339 e. The third-order valence-electron chi connectivity index (χ3n) is 3.83. The van der Waals surface area contributed by atoms with Crippen LogP contribution in [0.15, 0.2) is 4.52 Å². The molecule has 1 aliphatic carbocycles. The maximum Gasteiger partial charge on any atom is 0.226 e. The van der Waals surface area contributed by atoms with Crippen molar-refractivity contribution in [2.24, 2.45) is 0 Å². The van der Waals surface area contributed by atoms with E-state index in [0.29, 0.717) is 25.2 Å². The lowest BCUT2D eigenvalue weighted by Crippen LogP contribution is -2.45. The van der Waals surface area contributed by atoms with Gasteiger partial charge in [0.1, 0.15) is 5.54 Å². The summed E-state index contributed by atoms with van der Waals surface area (Å²) >= 11 is 0. The van der Waals surface area contributed by atoms with Gasteiger partial charge in [-0.1, -0.05) is 12.1 Å². The Morgan fingerprint density at radius 3 is 2.86 bits per heavy atom. The molecule has 0 atom stereocenters. The van der Waals surface area contributed by atoms with Crippen molar-refractivity contribution in [1.29, 1.82) is 5.26 Å². The number of hydrogen-bond acceptors (Lipinski definition) is 5. The fourth-order valence-electron chi connectivity index (χ4n) is 2.69. The zero-order chi connectivity index (χ0) is 15.1. The van der Waals surface area contributed by atoms with Crippen LogP contribution in [0.4, 0.5) is 0 Å². The largest absolute Gasteiger partial charge is 0.339 e. The molecule has 114 valence electrons. The second-order valence-electron chi connectivity index (χ2n) is 5.66. The zero-order valence-electron chi connectivity index (χ0n) is 12.5. The van der Waals surface area contributed by atoms with Crippen molar-refractivity contribution < 1.29 is 9.32 Å². The number of nitrogens with zero attached hydrogens (tertiary/aromatic N) is 3. The van der Waals surface area contributed by atoms with E-state index in [1.165, 1.54) is 0 Å². The Morgan fingerprint density at radius 1 is 1.43 bits per heavy atom. The number of carbonyl (C=O) groups excluding carboxylic acids is 1. The molecular formula is C15H22N4O2. The number of rotatable bonds is 7. The van der Waals surface area contributed by atoms with Gasteiger partial charge >= 0.3 is 0 Å². The van der Waals surface area contributed by atoms with E-state index in [0.717, 1.165) is 44.3 Å². The molecule has 0 aliphatic heterocycles. The lowest BCUT2D eigenvalue weighted by molar-refractivity contribution is -0.122. The first-order chi connectivity index (χ1) is 10.2. The molecule has 1 heterocycles. The van der Waals surface area contributed by atoms with Gasteiger partial charge in [0, 0.05) is 19.3 Å². The van der Waals surface area contributed by atoms with Crippen molar-refractivity contribution >= 4 is 5.91 Å². The van der Waals surface area contributed by atoms with E-state index in [9.17, 15) is 10.1 Å². The van der Waals surface area contributed by atoms with Gasteiger partial charge in [-0.15, -0.1) is 0 Å². The van der Waals surface area contributed by atoms with E-state index in [4.69, 9.17) is 4.52 Å². The summed E-state index contributed by atoms with van der Waals surface area (Å²) in [4.78, 5) is 16.2. The van der Waals surface area contributed by atoms with E-state index < -0.39 is 5.54 Å². The molecule has 1 aromatic rings. The number of carbonyl (C=O) groups is 1. The van der Waals surface area contributed by atoms with Crippen LogP contribution in [-0.2, 0) is 17.6 Å². The third-order valence-corrected chi connectivity index (χ3v) is 3.83. The van der Waals surface area contributed by atoms with Gasteiger partial charge < -0.3 is 9.84 Å². The first-order valence-electron chi connectivity index (χ1n) is 7.71. The molecule has 1 fully saturated rings. The van der Waals surface area contributed by atoms with Crippen LogP contribution in [0.3, 0.4) is 0 Å². The summed E-state index contributed by atoms with van der Waals surface area (Å²) in [6.45, 7) is 2.06. The highest BCUT2D eigenvalue weighted by molar-refractivity contribution is 5.77. The summed E-state index contributed by atoms with van der Waals surface area (Å²) < 4.78 is 5.13. The molecule has 0 radical (unpaired) electrons. The predicted molar refractivity (Wildman–Crippen MR) is 76.2 cm³/mol. The summed E-state index contributed by atoms with van der Waals surface area (Å²) in [6.07, 6.45) is 6.98. The van der Waals surface area contributed by atoms with Crippen molar-refractivity contribution in [3.8, 4) is 6.07 Å². The molecule has 1 N–H and O–H groups in total. The predicted octanol–water partition coefficient (Wildman–Crippen LogP) is 2.30. The molecular weight excluding hydrogens is 268 g/mol. The van der Waals surface area contributed by atoms with E-state index in [-0.39, 0.29) is 5.91 Å². The molecule has 6 heteroatoms. The van der Waals surface area contributed by atoms with Crippen LogP contribution in [0.25, 0.3) is 0 Å². The summed E-state index contributed by atoms with van der Waals surface area (Å²) in [5.74, 6) is 1.25. The van der Waals surface area contributed by atoms with Crippen LogP contribution in [-0.4, -0.2) is 21.6 Å². The van der Waals surface area contributed by atoms with Crippen LogP contribution in [0.2, 0.25) is 0 Å². The lowest BCUT2D eigenvalue weighted by Gasteiger charge is -2.21. The first-order valence-corrected chi connectivity index (χ1v) is 7.71. The van der Waals surface area contributed by atoms with Gasteiger partial charge in [-0.2, -0.15) is 10.2 Å². The number of hydrogen-bond donors (Lipinski definition) is 1. The van der Waals surface area contributed by atoms with Crippen molar-refractivity contribution in [3.63, 3.8) is 0 Å². The van der Waals surface area contributed by atoms with E-state index in [1.807, 2.05) is 0 Å². The number of amides is 1. The lowest BCUT2D eigenvalue weighted by atomic mass is 9.99. The Labute approximate surface area is 124 Å². The summed E-state index contributed by atoms with van der Waals surface area (Å²) in [5.41, 5.74) is -0.629. The van der Waals surface area contributed by atoms with Gasteiger partial charge in [-0.3, -0.25) is 4.79 Å². The topological polar surface area (TPSA) is 91.8 Å². The van der Waals surface area contributed by atoms with E-state index >= 15 is 0 Å². The Bertz CT molecular complexity index is 512. The number of nitrogens with one attached hydrogen (secondary N) is 1. The SMILES string of the molecule is CCCc1noc(CCCC(=O)NC2(C#N)CCCC2)n1. The zero-order valence-corrected chi connectivity index (χ0v) is 12.5. The fraction of sp³-hybridized carbons (Fsp3) is 0.733. The van der Waals surface area contributed by atoms with Gasteiger partial charge in [0.25, 0.3) is 0 Å². The van der Waals surface area contributed by atoms with Crippen molar-refractivity contribution in [3.05, 3.63) is 11.7 Å². The minimum atomic E-state index is -0.629. The average Bonchev–Trinajstić information content (AvgIpc) is 3.10. The highest BCUT2D eigenvalue weighted by Crippen LogP contribution is 2.28. The highest BCUT2D eigenvalue weighted by Gasteiger charge is 2.35. The van der Waals surface area contributed by atoms with E-state index in [2.05, 4.69) is 28.5 Å². The summed E-state index contributed by atoms with van der Waals surface area (Å²) in [5, 5.41) is 16.0. The quantitative estimate of drug-likeness (QED) is 0.831. The normalized spacial score (nSPS) is 16.6. The number of aryl methyl sites for hydroxylation is 2. The van der Waals surface area contributed by atoms with Gasteiger partial charge in [-0.25, -0.2) is 0 Å². The standard InChI is InChI=1S/C15H22N4O2/c1-2-6-12-17-14(21-19-12)8-5-7-13(20)18-15(11-16)9-3-4-10-15/h2-10H2,1H3,(H,18,20). The molecule has 1 amide bonds. The molecule has 1 saturated carbocycles. The Hall–Kier alpha value is -1.90. The molecule has 0 saturated heterocycles. The van der Waals surface area contributed by atoms with Crippen molar-refractivity contribution in [2.45, 2.75) is 70.3 Å². The van der Waals surface area contributed by atoms with Crippen LogP contribution in [0.1, 0.15) is 63.6 Å². The number of nitriles is 1. The van der Waals surface area contributed by atoms with Gasteiger partial charge in [0.15, 0.2) is 5.82 Å². The molecule has 0 unspecified atom stereocenters. The maximum absolute atomic E-state index is 11.9. The van der Waals surface area contributed by atoms with E-state index in [1.54, 1.807) is 0 Å². The third kappa shape index (κ3) is 4.28. The van der Waals surface area contributed by atoms with Crippen LogP contribution in [0, 0.1) is 11.3 Å². The fourth-order valence-corrected chi connectivity index (χ4v) is 2.69. The van der Waals surface area contributed by atoms with Crippen LogP contribution >= 0.6 is 0 Å². The molecule has 21 heavy (non-hydrogen) atoms. The first kappa shape index (κ1) is 15.5. The second-order valence-corrected chi connectivity index (χ2v) is 5.66. The highest BCUT2D eigenvalue weighted by atomic mass is 16.5. The second kappa shape index (κ2) is 7.21. The molecule has 1 aromatic heterocycles. The Morgan fingerprint density at radius 2 is 2.19 bits per heavy atom. The van der Waals surface area contributed by atoms with Gasteiger partial charge in [0.2, 0.25) is 11.8 Å². The summed E-state index contributed by atoms with van der Waals surface area (Å²) in [7, 11) is 0. The smallest absolute Gasteiger partial charge is 0.226 e. The molecule has 6 nitrogen and oxygen atoms in total. The van der Waals surface area contributed by atoms with Crippen molar-refractivity contribution in [1.82, 2.24) is 15.5 Å². The molecule has 0 aromatic carbocycles. The molecule has 0 bridgehead atoms. The average molecular weight is 290 g/mol. The van der Waals surface area contributed by atoms with Crippen molar-refractivity contribution in [2.75, 3.05) is 0 Å². The monoisotopic (exact) mass is 290 g/mol. The Kier molecular flexibility index (Phi) is 5.32. The van der Waals surface area contributed by atoms with Gasteiger partial charge in [0.05, 0.1) is 6.07 Å².